The van der Waals surface area contributed by atoms with Crippen LogP contribution in [0.3, 0.4) is 0 Å². The van der Waals surface area contributed by atoms with E-state index in [2.05, 4.69) is 20.6 Å². The fourth-order valence-electron chi connectivity index (χ4n) is 2.87. The number of aromatic nitrogens is 1. The van der Waals surface area contributed by atoms with E-state index < -0.39 is 18.0 Å². The molecule has 1 aromatic carbocycles. The van der Waals surface area contributed by atoms with E-state index in [1.807, 2.05) is 0 Å². The molecule has 1 atom stereocenters. The van der Waals surface area contributed by atoms with Gasteiger partial charge in [0.15, 0.2) is 5.96 Å². The minimum absolute atomic E-state index is 0.0689. The highest BCUT2D eigenvalue weighted by atomic mass is 32.1. The Kier molecular flexibility index (Phi) is 6.60. The minimum atomic E-state index is -0.604. The van der Waals surface area contributed by atoms with Gasteiger partial charge in [0.1, 0.15) is 11.9 Å². The molecule has 2 heterocycles. The Morgan fingerprint density at radius 1 is 1.39 bits per heavy atom. The molecule has 2 amide bonds. The Morgan fingerprint density at radius 2 is 2.16 bits per heavy atom. The van der Waals surface area contributed by atoms with E-state index in [1.54, 1.807) is 18.2 Å². The van der Waals surface area contributed by atoms with Crippen molar-refractivity contribution in [1.29, 1.82) is 0 Å². The Bertz CT molecular complexity index is 1040. The Morgan fingerprint density at radius 3 is 2.77 bits per heavy atom. The van der Waals surface area contributed by atoms with Crippen molar-refractivity contribution >= 4 is 46.7 Å². The lowest BCUT2D eigenvalue weighted by Gasteiger charge is -2.14. The van der Waals surface area contributed by atoms with E-state index in [4.69, 9.17) is 28.4 Å². The molecule has 6 N–H and O–H groups in total. The first kappa shape index (κ1) is 21.9. The number of nitrogens with zero attached hydrogens (tertiary/aromatic N) is 3. The van der Waals surface area contributed by atoms with Gasteiger partial charge < -0.3 is 26.8 Å². The number of nitrogens with two attached hydrogens (primary N) is 2. The number of guanidine groups is 1. The number of aliphatic imine (C=N–C) groups is 1. The summed E-state index contributed by atoms with van der Waals surface area (Å²) in [5, 5.41) is 5.44. The molecule has 0 saturated carbocycles. The first-order valence-electron chi connectivity index (χ1n) is 9.12. The van der Waals surface area contributed by atoms with Crippen molar-refractivity contribution in [1.82, 2.24) is 10.3 Å². The molecule has 1 aliphatic rings. The van der Waals surface area contributed by atoms with Gasteiger partial charge in [0.2, 0.25) is 11.0 Å². The monoisotopic (exact) mass is 445 g/mol. The van der Waals surface area contributed by atoms with Crippen LogP contribution >= 0.6 is 12.2 Å². The summed E-state index contributed by atoms with van der Waals surface area (Å²) in [7, 11) is 0. The van der Waals surface area contributed by atoms with Gasteiger partial charge in [-0.15, -0.1) is 0 Å². The molecule has 10 nitrogen and oxygen atoms in total. The summed E-state index contributed by atoms with van der Waals surface area (Å²) in [6.45, 7) is 1.76. The number of thiocarbonyl (C=S) groups is 1. The SMILES string of the molecule is CC(=O)NC[C@H]1CN(c2ccc(-c3ccc(NC(=S)N=C(N)N)cn3)c(F)c2)C(=O)O1. The zero-order valence-electron chi connectivity index (χ0n) is 16.5. The molecule has 1 fully saturated rings. The third-order valence-electron chi connectivity index (χ3n) is 4.24. The number of anilines is 2. The standard InChI is InChI=1S/C19H20FN7O3S/c1-10(28)23-8-13-9-27(19(29)30-13)12-3-4-14(15(20)6-12)16-5-2-11(7-24-16)25-18(31)26-17(21)22/h2-7,13H,8-9H2,1H3,(H,23,28)(H5,21,22,25,26,31)/t13-/m0/s1. The predicted molar refractivity (Wildman–Crippen MR) is 118 cm³/mol. The number of rotatable bonds is 5. The maximum absolute atomic E-state index is 14.8. The Hall–Kier alpha value is -3.80. The van der Waals surface area contributed by atoms with Crippen LogP contribution in [0.4, 0.5) is 20.6 Å². The van der Waals surface area contributed by atoms with Crippen molar-refractivity contribution in [2.24, 2.45) is 16.5 Å². The summed E-state index contributed by atoms with van der Waals surface area (Å²) in [6, 6.07) is 7.61. The van der Waals surface area contributed by atoms with E-state index in [0.717, 1.165) is 0 Å². The van der Waals surface area contributed by atoms with E-state index in [9.17, 15) is 14.0 Å². The van der Waals surface area contributed by atoms with Crippen molar-refractivity contribution in [2.45, 2.75) is 13.0 Å². The molecule has 1 aromatic heterocycles. The average molecular weight is 445 g/mol. The lowest BCUT2D eigenvalue weighted by Crippen LogP contribution is -2.33. The zero-order valence-corrected chi connectivity index (χ0v) is 17.3. The van der Waals surface area contributed by atoms with Gasteiger partial charge in [-0.2, -0.15) is 4.99 Å². The van der Waals surface area contributed by atoms with Gasteiger partial charge in [-0.3, -0.25) is 14.7 Å². The van der Waals surface area contributed by atoms with Crippen LogP contribution in [0.1, 0.15) is 6.92 Å². The fraction of sp³-hybridized carbons (Fsp3) is 0.211. The zero-order chi connectivity index (χ0) is 22.5. The number of ether oxygens (including phenoxy) is 1. The number of carbonyl (C=O) groups is 2. The first-order chi connectivity index (χ1) is 14.7. The van der Waals surface area contributed by atoms with Crippen LogP contribution in [0.2, 0.25) is 0 Å². The number of halogens is 1. The van der Waals surface area contributed by atoms with Gasteiger partial charge in [-0.25, -0.2) is 9.18 Å². The molecule has 12 heteroatoms. The van der Waals surface area contributed by atoms with Crippen molar-refractivity contribution in [3.8, 4) is 11.3 Å². The second-order valence-corrected chi connectivity index (χ2v) is 7.00. The molecule has 0 radical (unpaired) electrons. The quantitative estimate of drug-likeness (QED) is 0.306. The average Bonchev–Trinajstić information content (AvgIpc) is 3.07. The normalized spacial score (nSPS) is 15.2. The van der Waals surface area contributed by atoms with E-state index in [0.29, 0.717) is 17.1 Å². The van der Waals surface area contributed by atoms with Crippen LogP contribution in [-0.4, -0.2) is 47.2 Å². The van der Waals surface area contributed by atoms with Crippen LogP contribution in [-0.2, 0) is 9.53 Å². The van der Waals surface area contributed by atoms with Crippen molar-refractivity contribution in [3.63, 3.8) is 0 Å². The van der Waals surface area contributed by atoms with E-state index in [1.165, 1.54) is 30.2 Å². The van der Waals surface area contributed by atoms with Crippen molar-refractivity contribution in [2.75, 3.05) is 23.3 Å². The van der Waals surface area contributed by atoms with Gasteiger partial charge in [0.05, 0.1) is 36.4 Å². The van der Waals surface area contributed by atoms with E-state index >= 15 is 0 Å². The summed E-state index contributed by atoms with van der Waals surface area (Å²) in [4.78, 5) is 32.3. The van der Waals surface area contributed by atoms with Crippen LogP contribution < -0.4 is 27.0 Å². The molecule has 162 valence electrons. The first-order valence-corrected chi connectivity index (χ1v) is 9.53. The molecule has 1 aliphatic heterocycles. The van der Waals surface area contributed by atoms with Gasteiger partial charge in [-0.05, 0) is 42.5 Å². The summed E-state index contributed by atoms with van der Waals surface area (Å²) >= 11 is 4.96. The summed E-state index contributed by atoms with van der Waals surface area (Å²) in [6.07, 6.45) is 0.348. The summed E-state index contributed by atoms with van der Waals surface area (Å²) in [5.74, 6) is -0.955. The number of nitrogens with one attached hydrogen (secondary N) is 2. The van der Waals surface area contributed by atoms with Crippen LogP contribution in [0, 0.1) is 5.82 Å². The smallest absolute Gasteiger partial charge is 0.414 e. The molecular formula is C19H20FN7O3S. The minimum Gasteiger partial charge on any atom is -0.442 e. The highest BCUT2D eigenvalue weighted by Crippen LogP contribution is 2.28. The number of cyclic esters (lactones) is 1. The number of amides is 2. The largest absolute Gasteiger partial charge is 0.442 e. The number of benzene rings is 1. The molecule has 0 aliphatic carbocycles. The Labute approximate surface area is 182 Å². The van der Waals surface area contributed by atoms with Gasteiger partial charge in [0, 0.05) is 12.5 Å². The van der Waals surface area contributed by atoms with Gasteiger partial charge >= 0.3 is 6.09 Å². The Balaban J connectivity index is 1.71. The molecule has 3 rings (SSSR count). The van der Waals surface area contributed by atoms with Crippen LogP contribution in [0.25, 0.3) is 11.3 Å². The summed E-state index contributed by atoms with van der Waals surface area (Å²) < 4.78 is 20.0. The second-order valence-electron chi connectivity index (χ2n) is 6.62. The van der Waals surface area contributed by atoms with E-state index in [-0.39, 0.29) is 35.6 Å². The number of hydrogen-bond acceptors (Lipinski definition) is 5. The second kappa shape index (κ2) is 9.34. The number of hydrogen-bond donors (Lipinski definition) is 4. The van der Waals surface area contributed by atoms with Crippen molar-refractivity contribution in [3.05, 3.63) is 42.3 Å². The molecule has 1 saturated heterocycles. The topological polar surface area (TPSA) is 148 Å². The third-order valence-corrected chi connectivity index (χ3v) is 4.43. The maximum atomic E-state index is 14.8. The lowest BCUT2D eigenvalue weighted by molar-refractivity contribution is -0.119. The molecular weight excluding hydrogens is 425 g/mol. The van der Waals surface area contributed by atoms with Gasteiger partial charge in [0.25, 0.3) is 0 Å². The molecule has 31 heavy (non-hydrogen) atoms. The predicted octanol–water partition coefficient (Wildman–Crippen LogP) is 1.32. The number of pyridine rings is 1. The molecule has 0 unspecified atom stereocenters. The number of carbonyl (C=O) groups excluding carboxylic acids is 2. The van der Waals surface area contributed by atoms with Gasteiger partial charge in [-0.1, -0.05) is 0 Å². The third kappa shape index (κ3) is 5.63. The molecule has 0 bridgehead atoms. The maximum Gasteiger partial charge on any atom is 0.414 e. The highest BCUT2D eigenvalue weighted by Gasteiger charge is 2.32. The van der Waals surface area contributed by atoms with Crippen molar-refractivity contribution < 1.29 is 18.7 Å². The fourth-order valence-corrected chi connectivity index (χ4v) is 3.09. The highest BCUT2D eigenvalue weighted by molar-refractivity contribution is 7.80. The lowest BCUT2D eigenvalue weighted by atomic mass is 10.1. The molecule has 0 spiro atoms. The van der Waals surface area contributed by atoms with Crippen LogP contribution in [0.5, 0.6) is 0 Å². The molecule has 2 aromatic rings. The summed E-state index contributed by atoms with van der Waals surface area (Å²) in [5.41, 5.74) is 12.0. The van der Waals surface area contributed by atoms with Crippen LogP contribution in [0.15, 0.2) is 41.5 Å².